The number of pyridine rings is 1. The van der Waals surface area contributed by atoms with Crippen molar-refractivity contribution in [3.8, 4) is 0 Å². The fraction of sp³-hybridized carbons (Fsp3) is 0.200. The zero-order valence-corrected chi connectivity index (χ0v) is 22.2. The lowest BCUT2D eigenvalue weighted by Crippen LogP contribution is -2.40. The molecule has 11 heteroatoms. The van der Waals surface area contributed by atoms with E-state index in [0.29, 0.717) is 50.0 Å². The van der Waals surface area contributed by atoms with Crippen molar-refractivity contribution in [2.75, 3.05) is 41.8 Å². The fourth-order valence-electron chi connectivity index (χ4n) is 4.78. The number of rotatable bonds is 7. The molecule has 2 amide bonds. The van der Waals surface area contributed by atoms with Crippen molar-refractivity contribution in [3.05, 3.63) is 108 Å². The topological polar surface area (TPSA) is 105 Å². The first-order valence-electron chi connectivity index (χ1n) is 13.3. The number of amides is 2. The van der Waals surface area contributed by atoms with E-state index in [1.807, 2.05) is 41.2 Å². The molecule has 2 aromatic heterocycles. The second-order valence-corrected chi connectivity index (χ2v) is 9.74. The van der Waals surface area contributed by atoms with Gasteiger partial charge in [-0.2, -0.15) is 0 Å². The lowest BCUT2D eigenvalue weighted by atomic mass is 10.1. The van der Waals surface area contributed by atoms with Crippen LogP contribution in [-0.4, -0.2) is 57.6 Å². The number of fused-ring (bicyclic) bond motifs is 1. The number of carbonyl (C=O) groups is 2. The molecular weight excluding hydrogens is 525 g/mol. The Balaban J connectivity index is 1.16. The van der Waals surface area contributed by atoms with Gasteiger partial charge in [0.05, 0.1) is 30.9 Å². The van der Waals surface area contributed by atoms with Crippen LogP contribution in [0.15, 0.2) is 85.5 Å². The van der Waals surface area contributed by atoms with Crippen molar-refractivity contribution in [2.24, 2.45) is 0 Å². The van der Waals surface area contributed by atoms with Gasteiger partial charge in [-0.15, -0.1) is 0 Å². The van der Waals surface area contributed by atoms with Gasteiger partial charge in [-0.25, -0.2) is 14.4 Å². The Morgan fingerprint density at radius 1 is 1.00 bits per heavy atom. The highest BCUT2D eigenvalue weighted by atomic mass is 19.1. The highest BCUT2D eigenvalue weighted by molar-refractivity contribution is 5.94. The summed E-state index contributed by atoms with van der Waals surface area (Å²) in [6, 6.07) is 17.0. The molecule has 0 atom stereocenters. The lowest BCUT2D eigenvalue weighted by molar-refractivity contribution is -0.115. The summed E-state index contributed by atoms with van der Waals surface area (Å²) >= 11 is 0. The van der Waals surface area contributed by atoms with Crippen LogP contribution >= 0.6 is 0 Å². The molecule has 4 heterocycles. The van der Waals surface area contributed by atoms with E-state index < -0.39 is 0 Å². The molecule has 2 aromatic carbocycles. The largest absolute Gasteiger partial charge is 0.378 e. The number of nitrogens with one attached hydrogen (secondary N) is 2. The molecule has 1 fully saturated rings. The maximum atomic E-state index is 13.2. The average molecular weight is 554 g/mol. The van der Waals surface area contributed by atoms with E-state index in [4.69, 9.17) is 4.74 Å². The fourth-order valence-corrected chi connectivity index (χ4v) is 4.78. The predicted molar refractivity (Wildman–Crippen MR) is 152 cm³/mol. The Morgan fingerprint density at radius 3 is 2.61 bits per heavy atom. The Labute approximate surface area is 236 Å². The first kappa shape index (κ1) is 26.2. The molecule has 2 aliphatic rings. The summed E-state index contributed by atoms with van der Waals surface area (Å²) in [5.74, 6) is 0.733. The first-order valence-corrected chi connectivity index (χ1v) is 13.3. The summed E-state index contributed by atoms with van der Waals surface area (Å²) in [7, 11) is 0. The van der Waals surface area contributed by atoms with Gasteiger partial charge in [-0.1, -0.05) is 12.1 Å². The molecule has 0 bridgehead atoms. The minimum absolute atomic E-state index is 0.0582. The number of anilines is 3. The third-order valence-corrected chi connectivity index (χ3v) is 6.85. The summed E-state index contributed by atoms with van der Waals surface area (Å²) in [6.45, 7) is 2.77. The Hall–Kier alpha value is -5.03. The lowest BCUT2D eigenvalue weighted by Gasteiger charge is -2.29. The van der Waals surface area contributed by atoms with Crippen molar-refractivity contribution in [1.29, 1.82) is 0 Å². The first-order chi connectivity index (χ1) is 20.0. The highest BCUT2D eigenvalue weighted by Crippen LogP contribution is 2.27. The second kappa shape index (κ2) is 11.6. The highest BCUT2D eigenvalue weighted by Gasteiger charge is 2.21. The van der Waals surface area contributed by atoms with Crippen molar-refractivity contribution >= 4 is 34.7 Å². The number of hydrogen-bond acceptors (Lipinski definition) is 7. The van der Waals surface area contributed by atoms with Crippen LogP contribution in [-0.2, 0) is 22.6 Å². The summed E-state index contributed by atoms with van der Waals surface area (Å²) in [5, 5.41) is 6.14. The zero-order valence-electron chi connectivity index (χ0n) is 22.2. The summed E-state index contributed by atoms with van der Waals surface area (Å²) in [5.41, 5.74) is 3.54. The molecule has 6 rings (SSSR count). The molecule has 208 valence electrons. The summed E-state index contributed by atoms with van der Waals surface area (Å²) < 4.78 is 20.5. The van der Waals surface area contributed by atoms with Crippen molar-refractivity contribution < 1.29 is 18.7 Å². The number of hydrogen-bond donors (Lipinski definition) is 2. The maximum absolute atomic E-state index is 13.2. The van der Waals surface area contributed by atoms with E-state index in [1.165, 1.54) is 24.3 Å². The van der Waals surface area contributed by atoms with E-state index >= 15 is 0 Å². The van der Waals surface area contributed by atoms with E-state index in [0.717, 1.165) is 22.8 Å². The molecule has 0 saturated carbocycles. The number of aromatic nitrogens is 3. The number of ether oxygens (including phenoxy) is 1. The van der Waals surface area contributed by atoms with Crippen LogP contribution in [0.5, 0.6) is 0 Å². The number of imidazole rings is 1. The standard InChI is InChI=1S/C30H28FN7O3/c31-23-5-7-24(8-6-23)34-28(39)17-21-2-1-3-25(16-21)38-19-26(29-32-10-11-37(29)20-38)35-27-9-4-22(18-33-27)30(40)36-12-14-41-15-13-36/h1-11,16,18-19H,12-15,17,20H2,(H,33,35)(H,34,39). The van der Waals surface area contributed by atoms with Crippen molar-refractivity contribution in [1.82, 2.24) is 19.4 Å². The molecule has 0 spiro atoms. The maximum Gasteiger partial charge on any atom is 0.255 e. The van der Waals surface area contributed by atoms with Crippen LogP contribution in [0, 0.1) is 5.82 Å². The van der Waals surface area contributed by atoms with Gasteiger partial charge < -0.3 is 29.7 Å². The monoisotopic (exact) mass is 553 g/mol. The molecule has 0 radical (unpaired) electrons. The van der Waals surface area contributed by atoms with Crippen LogP contribution in [0.3, 0.4) is 0 Å². The second-order valence-electron chi connectivity index (χ2n) is 9.74. The Bertz CT molecular complexity index is 1580. The van der Waals surface area contributed by atoms with E-state index in [2.05, 4.69) is 25.5 Å². The van der Waals surface area contributed by atoms with Gasteiger partial charge in [0, 0.05) is 49.3 Å². The van der Waals surface area contributed by atoms with Crippen molar-refractivity contribution in [3.63, 3.8) is 0 Å². The van der Waals surface area contributed by atoms with Crippen LogP contribution in [0.1, 0.15) is 21.7 Å². The van der Waals surface area contributed by atoms with Gasteiger partial charge in [-0.3, -0.25) is 9.59 Å². The van der Waals surface area contributed by atoms with Gasteiger partial charge in [-0.05, 0) is 54.1 Å². The average Bonchev–Trinajstić information content (AvgIpc) is 3.48. The third-order valence-electron chi connectivity index (χ3n) is 6.85. The van der Waals surface area contributed by atoms with Crippen LogP contribution < -0.4 is 15.5 Å². The molecule has 2 N–H and O–H groups in total. The SMILES string of the molecule is O=C(Cc1cccc(N2C=C(Nc3ccc(C(=O)N4CCOCC4)cn3)c3nccn3C2)c1)Nc1ccc(F)cc1. The Morgan fingerprint density at radius 2 is 1.83 bits per heavy atom. The quantitative estimate of drug-likeness (QED) is 0.357. The smallest absolute Gasteiger partial charge is 0.255 e. The number of morpholine rings is 1. The van der Waals surface area contributed by atoms with Crippen LogP contribution in [0.25, 0.3) is 5.70 Å². The zero-order chi connectivity index (χ0) is 28.2. The van der Waals surface area contributed by atoms with Crippen molar-refractivity contribution in [2.45, 2.75) is 13.1 Å². The van der Waals surface area contributed by atoms with E-state index in [9.17, 15) is 14.0 Å². The summed E-state index contributed by atoms with van der Waals surface area (Å²) in [4.78, 5) is 38.2. The number of nitrogens with zero attached hydrogens (tertiary/aromatic N) is 5. The number of benzene rings is 2. The molecule has 4 aromatic rings. The number of halogens is 1. The summed E-state index contributed by atoms with van der Waals surface area (Å²) in [6.07, 6.45) is 7.34. The van der Waals surface area contributed by atoms with Crippen LogP contribution in [0.4, 0.5) is 21.6 Å². The molecule has 2 aliphatic heterocycles. The van der Waals surface area contributed by atoms with E-state index in [-0.39, 0.29) is 24.1 Å². The van der Waals surface area contributed by atoms with Gasteiger partial charge in [0.2, 0.25) is 5.91 Å². The molecule has 1 saturated heterocycles. The van der Waals surface area contributed by atoms with Gasteiger partial charge in [0.25, 0.3) is 5.91 Å². The third kappa shape index (κ3) is 6.10. The van der Waals surface area contributed by atoms with Gasteiger partial charge in [0.15, 0.2) is 5.82 Å². The number of carbonyl (C=O) groups excluding carboxylic acids is 2. The Kier molecular flexibility index (Phi) is 7.42. The normalized spacial score (nSPS) is 14.7. The molecule has 10 nitrogen and oxygen atoms in total. The molecule has 41 heavy (non-hydrogen) atoms. The minimum Gasteiger partial charge on any atom is -0.378 e. The van der Waals surface area contributed by atoms with E-state index in [1.54, 1.807) is 29.4 Å². The molecule has 0 aliphatic carbocycles. The predicted octanol–water partition coefficient (Wildman–Crippen LogP) is 3.96. The minimum atomic E-state index is -0.355. The molecule has 0 unspecified atom stereocenters. The van der Waals surface area contributed by atoms with Gasteiger partial charge >= 0.3 is 0 Å². The molecular formula is C30H28FN7O3. The van der Waals surface area contributed by atoms with Gasteiger partial charge in [0.1, 0.15) is 18.3 Å². The van der Waals surface area contributed by atoms with Crippen LogP contribution in [0.2, 0.25) is 0 Å².